The molecule has 0 amide bonds. The van der Waals surface area contributed by atoms with Crippen LogP contribution in [-0.2, 0) is 16.1 Å². The first-order valence-corrected chi connectivity index (χ1v) is 10.4. The number of carbonyl (C=O) groups excluding carboxylic acids is 1. The second kappa shape index (κ2) is 7.27. The second-order valence-corrected chi connectivity index (χ2v) is 7.67. The number of allylic oxidation sites excluding steroid dienone is 1. The molecule has 0 aliphatic carbocycles. The van der Waals surface area contributed by atoms with Crippen LogP contribution in [0.25, 0.3) is 16.6 Å². The van der Waals surface area contributed by atoms with E-state index in [2.05, 4.69) is 36.6 Å². The van der Waals surface area contributed by atoms with E-state index in [0.29, 0.717) is 13.0 Å². The smallest absolute Gasteiger partial charge is 0.166 e. The fourth-order valence-electron chi connectivity index (χ4n) is 4.73. The fraction of sp³-hybridized carbons (Fsp3) is 0.360. The van der Waals surface area contributed by atoms with Gasteiger partial charge in [0.2, 0.25) is 0 Å². The average Bonchev–Trinajstić information content (AvgIpc) is 3.08. The van der Waals surface area contributed by atoms with Crippen molar-refractivity contribution in [2.45, 2.75) is 52.7 Å². The summed E-state index contributed by atoms with van der Waals surface area (Å²) in [4.78, 5) is 20.0. The number of ketones is 1. The van der Waals surface area contributed by atoms with Gasteiger partial charge in [0.25, 0.3) is 0 Å². The number of nitrogens with zero attached hydrogens (tertiary/aromatic N) is 2. The van der Waals surface area contributed by atoms with Crippen molar-refractivity contribution in [3.05, 3.63) is 71.1 Å². The highest BCUT2D eigenvalue weighted by Crippen LogP contribution is 2.46. The van der Waals surface area contributed by atoms with Gasteiger partial charge in [0.15, 0.2) is 11.4 Å². The van der Waals surface area contributed by atoms with Gasteiger partial charge in [-0.05, 0) is 56.0 Å². The summed E-state index contributed by atoms with van der Waals surface area (Å²) in [5, 5.41) is 1.14. The van der Waals surface area contributed by atoms with E-state index in [-0.39, 0.29) is 5.78 Å². The van der Waals surface area contributed by atoms with Gasteiger partial charge in [0, 0.05) is 23.3 Å². The number of ether oxygens (including phenoxy) is 1. The Balaban J connectivity index is 1.95. The Hall–Kier alpha value is -2.72. The summed E-state index contributed by atoms with van der Waals surface area (Å²) < 4.78 is 6.13. The van der Waals surface area contributed by atoms with Crippen molar-refractivity contribution in [1.82, 2.24) is 9.88 Å². The van der Waals surface area contributed by atoms with Crippen molar-refractivity contribution in [1.29, 1.82) is 0 Å². The van der Waals surface area contributed by atoms with Gasteiger partial charge in [-0.25, -0.2) is 4.98 Å². The monoisotopic (exact) mass is 388 g/mol. The molecule has 29 heavy (non-hydrogen) atoms. The lowest BCUT2D eigenvalue weighted by Gasteiger charge is -2.38. The molecular weight excluding hydrogens is 360 g/mol. The standard InChI is InChI=1S/C25H28N2O2/c1-6-20-16(4)27-15-19-13-18-11-9-10-12-22(18)26-24(19)23(27)14-21(20)25(7-2,17(5)28)29-8-3/h9-14H,4,6-8,15H2,1-3,5H3. The van der Waals surface area contributed by atoms with E-state index in [1.807, 2.05) is 32.0 Å². The Morgan fingerprint density at radius 2 is 2.03 bits per heavy atom. The van der Waals surface area contributed by atoms with E-state index < -0.39 is 5.60 Å². The van der Waals surface area contributed by atoms with E-state index in [1.165, 1.54) is 5.56 Å². The number of carbonyl (C=O) groups is 1. The molecule has 0 radical (unpaired) electrons. The Labute approximate surface area is 172 Å². The van der Waals surface area contributed by atoms with Crippen LogP contribution in [0.4, 0.5) is 0 Å². The number of hydrogen-bond donors (Lipinski definition) is 0. The minimum atomic E-state index is -0.943. The van der Waals surface area contributed by atoms with E-state index in [9.17, 15) is 4.79 Å². The van der Waals surface area contributed by atoms with Gasteiger partial charge in [0.05, 0.1) is 23.5 Å². The quantitative estimate of drug-likeness (QED) is 0.664. The molecule has 4 rings (SSSR count). The molecule has 0 saturated heterocycles. The lowest BCUT2D eigenvalue weighted by Crippen LogP contribution is -2.43. The van der Waals surface area contributed by atoms with Gasteiger partial charge >= 0.3 is 0 Å². The molecular formula is C25H28N2O2. The maximum Gasteiger partial charge on any atom is 0.166 e. The van der Waals surface area contributed by atoms with Crippen LogP contribution in [0.15, 0.2) is 59.8 Å². The van der Waals surface area contributed by atoms with E-state index in [1.54, 1.807) is 6.92 Å². The summed E-state index contributed by atoms with van der Waals surface area (Å²) in [6.07, 6.45) is 3.51. The number of rotatable bonds is 6. The molecule has 1 atom stereocenters. The molecule has 0 spiro atoms. The Kier molecular flexibility index (Phi) is 4.91. The van der Waals surface area contributed by atoms with Crippen molar-refractivity contribution in [2.75, 3.05) is 6.61 Å². The highest BCUT2D eigenvalue weighted by Gasteiger charge is 2.43. The number of fused-ring (bicyclic) bond motifs is 4. The van der Waals surface area contributed by atoms with Crippen molar-refractivity contribution in [2.24, 2.45) is 0 Å². The molecule has 4 heteroatoms. The largest absolute Gasteiger partial charge is 0.363 e. The summed E-state index contributed by atoms with van der Waals surface area (Å²) >= 11 is 0. The summed E-state index contributed by atoms with van der Waals surface area (Å²) in [5.74, 6) is 0.0330. The predicted octanol–water partition coefficient (Wildman–Crippen LogP) is 5.40. The molecule has 3 heterocycles. The van der Waals surface area contributed by atoms with E-state index in [0.717, 1.165) is 52.1 Å². The summed E-state index contributed by atoms with van der Waals surface area (Å²) in [6.45, 7) is 13.3. The molecule has 150 valence electrons. The van der Waals surface area contributed by atoms with Gasteiger partial charge in [-0.2, -0.15) is 0 Å². The van der Waals surface area contributed by atoms with Crippen molar-refractivity contribution in [3.8, 4) is 0 Å². The van der Waals surface area contributed by atoms with Gasteiger partial charge < -0.3 is 9.64 Å². The van der Waals surface area contributed by atoms with Gasteiger partial charge in [0.1, 0.15) is 0 Å². The first-order chi connectivity index (χ1) is 14.0. The maximum atomic E-state index is 12.8. The van der Waals surface area contributed by atoms with Crippen molar-refractivity contribution >= 4 is 22.4 Å². The Morgan fingerprint density at radius 1 is 1.28 bits per heavy atom. The van der Waals surface area contributed by atoms with Gasteiger partial charge in [-0.3, -0.25) is 4.79 Å². The van der Waals surface area contributed by atoms with Crippen LogP contribution in [0, 0.1) is 0 Å². The molecule has 0 bridgehead atoms. The zero-order chi connectivity index (χ0) is 20.8. The lowest BCUT2D eigenvalue weighted by molar-refractivity contribution is -0.137. The first-order valence-electron chi connectivity index (χ1n) is 10.4. The topological polar surface area (TPSA) is 42.4 Å². The molecule has 4 nitrogen and oxygen atoms in total. The molecule has 2 aliphatic heterocycles. The number of aromatic nitrogens is 1. The van der Waals surface area contributed by atoms with E-state index in [4.69, 9.17) is 9.72 Å². The first kappa shape index (κ1) is 19.6. The number of benzene rings is 1. The SMILES string of the molecule is C=C1C(CC)=C(C(CC)(OCC)C(C)=O)C=C2c3nc4ccccc4cc3CN12. The summed E-state index contributed by atoms with van der Waals surface area (Å²) in [5.41, 5.74) is 6.19. The number of pyridine rings is 1. The maximum absolute atomic E-state index is 12.8. The van der Waals surface area contributed by atoms with Gasteiger partial charge in [-0.15, -0.1) is 0 Å². The van der Waals surface area contributed by atoms with Crippen LogP contribution in [0.2, 0.25) is 0 Å². The van der Waals surface area contributed by atoms with Crippen molar-refractivity contribution in [3.63, 3.8) is 0 Å². The molecule has 0 saturated carbocycles. The highest BCUT2D eigenvalue weighted by molar-refractivity contribution is 5.92. The average molecular weight is 389 g/mol. The fourth-order valence-corrected chi connectivity index (χ4v) is 4.73. The normalized spacial score (nSPS) is 17.9. The molecule has 1 unspecified atom stereocenters. The molecule has 1 aromatic carbocycles. The molecule has 0 fully saturated rings. The van der Waals surface area contributed by atoms with Crippen LogP contribution in [0.5, 0.6) is 0 Å². The minimum absolute atomic E-state index is 0.0330. The van der Waals surface area contributed by atoms with E-state index >= 15 is 0 Å². The minimum Gasteiger partial charge on any atom is -0.363 e. The third-order valence-corrected chi connectivity index (χ3v) is 6.19. The highest BCUT2D eigenvalue weighted by atomic mass is 16.5. The zero-order valence-electron chi connectivity index (χ0n) is 17.7. The number of Topliss-reactive ketones (excluding diaryl/α,β-unsaturated/α-hetero) is 1. The van der Waals surface area contributed by atoms with Crippen LogP contribution < -0.4 is 0 Å². The third-order valence-electron chi connectivity index (χ3n) is 6.19. The van der Waals surface area contributed by atoms with Crippen LogP contribution >= 0.6 is 0 Å². The predicted molar refractivity (Wildman–Crippen MR) is 117 cm³/mol. The van der Waals surface area contributed by atoms with Gasteiger partial charge in [-0.1, -0.05) is 38.6 Å². The number of para-hydroxylation sites is 1. The summed E-state index contributed by atoms with van der Waals surface area (Å²) in [6, 6.07) is 10.4. The Morgan fingerprint density at radius 3 is 2.69 bits per heavy atom. The summed E-state index contributed by atoms with van der Waals surface area (Å²) in [7, 11) is 0. The molecule has 1 aromatic heterocycles. The van der Waals surface area contributed by atoms with Crippen LogP contribution in [0.3, 0.4) is 0 Å². The number of hydrogen-bond acceptors (Lipinski definition) is 4. The third kappa shape index (κ3) is 2.85. The lowest BCUT2D eigenvalue weighted by atomic mass is 9.80. The van der Waals surface area contributed by atoms with Crippen molar-refractivity contribution < 1.29 is 9.53 Å². The molecule has 2 aromatic rings. The molecule has 2 aliphatic rings. The molecule has 0 N–H and O–H groups in total. The van der Waals surface area contributed by atoms with Crippen LogP contribution in [-0.4, -0.2) is 27.9 Å². The Bertz CT molecular complexity index is 1080. The zero-order valence-corrected chi connectivity index (χ0v) is 17.7. The second-order valence-electron chi connectivity index (χ2n) is 7.67. The van der Waals surface area contributed by atoms with Crippen LogP contribution in [0.1, 0.15) is 51.8 Å².